The van der Waals surface area contributed by atoms with E-state index in [1.807, 2.05) is 7.05 Å². The first kappa shape index (κ1) is 9.44. The average Bonchev–Trinajstić information content (AvgIpc) is 1.65. The van der Waals surface area contributed by atoms with Gasteiger partial charge in [0.1, 0.15) is 0 Å². The highest BCUT2D eigenvalue weighted by molar-refractivity contribution is 9.09. The van der Waals surface area contributed by atoms with Crippen LogP contribution in [0.4, 0.5) is 0 Å². The fourth-order valence-corrected chi connectivity index (χ4v) is 2.04. The van der Waals surface area contributed by atoms with Gasteiger partial charge in [-0.3, -0.25) is 0 Å². The summed E-state index contributed by atoms with van der Waals surface area (Å²) in [6.45, 7) is 6.69. The lowest BCUT2D eigenvalue weighted by Crippen LogP contribution is -2.39. The van der Waals surface area contributed by atoms with Crippen molar-refractivity contribution in [3.8, 4) is 0 Å². The molecule has 1 atom stereocenters. The molecule has 0 aromatic rings. The van der Waals surface area contributed by atoms with Crippen molar-refractivity contribution >= 4 is 15.9 Å². The van der Waals surface area contributed by atoms with Crippen LogP contribution in [0, 0.1) is 5.41 Å². The number of rotatable bonds is 2. The molecule has 0 rings (SSSR count). The van der Waals surface area contributed by atoms with E-state index in [9.17, 15) is 0 Å². The lowest BCUT2D eigenvalue weighted by molar-refractivity contribution is 0.307. The lowest BCUT2D eigenvalue weighted by Gasteiger charge is -2.28. The van der Waals surface area contributed by atoms with Gasteiger partial charge in [-0.2, -0.15) is 0 Å². The van der Waals surface area contributed by atoms with E-state index >= 15 is 0 Å². The summed E-state index contributed by atoms with van der Waals surface area (Å²) in [5, 5.41) is 4.27. The molecule has 0 bridgehead atoms. The molecule has 1 N–H and O–H groups in total. The zero-order valence-corrected chi connectivity index (χ0v) is 8.25. The molecule has 0 spiro atoms. The summed E-state index contributed by atoms with van der Waals surface area (Å²) in [4.78, 5) is 0. The Kier molecular flexibility index (Phi) is 3.74. The number of hydrogen-bond donors (Lipinski definition) is 1. The summed E-state index contributed by atoms with van der Waals surface area (Å²) in [6, 6.07) is 0.567. The minimum absolute atomic E-state index is 0.359. The molecular weight excluding hydrogens is 178 g/mol. The van der Waals surface area contributed by atoms with Crippen molar-refractivity contribution in [3.05, 3.63) is 0 Å². The van der Waals surface area contributed by atoms with Crippen molar-refractivity contribution < 1.29 is 0 Å². The van der Waals surface area contributed by atoms with Gasteiger partial charge in [0.2, 0.25) is 0 Å². The van der Waals surface area contributed by atoms with E-state index < -0.39 is 0 Å². The van der Waals surface area contributed by atoms with Gasteiger partial charge in [-0.25, -0.2) is 0 Å². The Morgan fingerprint density at radius 1 is 1.44 bits per heavy atom. The molecule has 0 saturated heterocycles. The predicted octanol–water partition coefficient (Wildman–Crippen LogP) is 2.02. The molecule has 0 saturated carbocycles. The molecule has 9 heavy (non-hydrogen) atoms. The van der Waals surface area contributed by atoms with E-state index in [1.165, 1.54) is 0 Å². The average molecular weight is 194 g/mol. The van der Waals surface area contributed by atoms with E-state index in [-0.39, 0.29) is 0 Å². The van der Waals surface area contributed by atoms with E-state index in [0.29, 0.717) is 11.5 Å². The van der Waals surface area contributed by atoms with Crippen molar-refractivity contribution in [2.24, 2.45) is 5.41 Å². The second-order valence-corrected chi connectivity index (χ2v) is 4.01. The van der Waals surface area contributed by atoms with Crippen LogP contribution in [0.3, 0.4) is 0 Å². The van der Waals surface area contributed by atoms with E-state index in [1.54, 1.807) is 0 Å². The third-order valence-corrected chi connectivity index (χ3v) is 2.20. The van der Waals surface area contributed by atoms with E-state index in [4.69, 9.17) is 0 Å². The molecule has 0 fully saturated rings. The fraction of sp³-hybridized carbons (Fsp3) is 1.00. The number of hydrogen-bond acceptors (Lipinski definition) is 1. The van der Waals surface area contributed by atoms with Gasteiger partial charge in [0.25, 0.3) is 0 Å². The smallest absolute Gasteiger partial charge is 0.0210 e. The van der Waals surface area contributed by atoms with Gasteiger partial charge >= 0.3 is 0 Å². The van der Waals surface area contributed by atoms with Crippen LogP contribution < -0.4 is 5.32 Å². The molecular formula is C7H16BrN. The van der Waals surface area contributed by atoms with Crippen molar-refractivity contribution in [2.45, 2.75) is 26.8 Å². The van der Waals surface area contributed by atoms with Gasteiger partial charge in [-0.05, 0) is 12.5 Å². The fourth-order valence-electron chi connectivity index (χ4n) is 0.742. The molecule has 0 radical (unpaired) electrons. The Balaban J connectivity index is 3.79. The maximum Gasteiger partial charge on any atom is 0.0210 e. The molecule has 56 valence electrons. The third-order valence-electron chi connectivity index (χ3n) is 1.55. The lowest BCUT2D eigenvalue weighted by atomic mass is 9.88. The molecule has 0 amide bonds. The Labute approximate surface area is 66.3 Å². The summed E-state index contributed by atoms with van der Waals surface area (Å²) < 4.78 is 0. The first-order valence-electron chi connectivity index (χ1n) is 3.25. The SMILES string of the molecule is CNC(CBr)C(C)(C)C. The quantitative estimate of drug-likeness (QED) is 0.663. The van der Waals surface area contributed by atoms with Crippen LogP contribution in [-0.2, 0) is 0 Å². The van der Waals surface area contributed by atoms with Crippen molar-refractivity contribution in [1.82, 2.24) is 5.32 Å². The van der Waals surface area contributed by atoms with Crippen molar-refractivity contribution in [2.75, 3.05) is 12.4 Å². The van der Waals surface area contributed by atoms with Crippen LogP contribution in [0.2, 0.25) is 0 Å². The topological polar surface area (TPSA) is 12.0 Å². The minimum atomic E-state index is 0.359. The largest absolute Gasteiger partial charge is 0.316 e. The van der Waals surface area contributed by atoms with Crippen molar-refractivity contribution in [1.29, 1.82) is 0 Å². The van der Waals surface area contributed by atoms with Crippen molar-refractivity contribution in [3.63, 3.8) is 0 Å². The van der Waals surface area contributed by atoms with Gasteiger partial charge in [-0.1, -0.05) is 36.7 Å². The molecule has 0 heterocycles. The molecule has 0 aromatic heterocycles. The molecule has 0 aliphatic heterocycles. The van der Waals surface area contributed by atoms with Gasteiger partial charge in [0.05, 0.1) is 0 Å². The zero-order valence-electron chi connectivity index (χ0n) is 6.66. The van der Waals surface area contributed by atoms with Gasteiger partial charge < -0.3 is 5.32 Å². The number of alkyl halides is 1. The zero-order chi connectivity index (χ0) is 7.49. The summed E-state index contributed by atoms with van der Waals surface area (Å²) in [6.07, 6.45) is 0. The first-order chi connectivity index (χ1) is 4.02. The Bertz CT molecular complexity index is 71.5. The number of nitrogens with one attached hydrogen (secondary N) is 1. The summed E-state index contributed by atoms with van der Waals surface area (Å²) in [7, 11) is 2.00. The predicted molar refractivity (Wildman–Crippen MR) is 46.1 cm³/mol. The highest BCUT2D eigenvalue weighted by Gasteiger charge is 2.20. The van der Waals surface area contributed by atoms with Crippen LogP contribution in [0.25, 0.3) is 0 Å². The first-order valence-corrected chi connectivity index (χ1v) is 4.37. The van der Waals surface area contributed by atoms with Crippen LogP contribution in [-0.4, -0.2) is 18.4 Å². The van der Waals surface area contributed by atoms with Gasteiger partial charge in [0, 0.05) is 11.4 Å². The van der Waals surface area contributed by atoms with E-state index in [2.05, 4.69) is 42.0 Å². The van der Waals surface area contributed by atoms with Crippen LogP contribution in [0.5, 0.6) is 0 Å². The molecule has 1 unspecified atom stereocenters. The maximum atomic E-state index is 3.45. The van der Waals surface area contributed by atoms with E-state index in [0.717, 1.165) is 5.33 Å². The molecule has 2 heteroatoms. The monoisotopic (exact) mass is 193 g/mol. The minimum Gasteiger partial charge on any atom is -0.316 e. The molecule has 0 aliphatic rings. The second kappa shape index (κ2) is 3.57. The number of halogens is 1. The Morgan fingerprint density at radius 3 is 1.89 bits per heavy atom. The van der Waals surface area contributed by atoms with Gasteiger partial charge in [0.15, 0.2) is 0 Å². The van der Waals surface area contributed by atoms with Crippen LogP contribution in [0.1, 0.15) is 20.8 Å². The third kappa shape index (κ3) is 3.21. The van der Waals surface area contributed by atoms with Crippen LogP contribution >= 0.6 is 15.9 Å². The molecule has 1 nitrogen and oxygen atoms in total. The second-order valence-electron chi connectivity index (χ2n) is 3.36. The normalized spacial score (nSPS) is 15.7. The summed E-state index contributed by atoms with van der Waals surface area (Å²) >= 11 is 3.45. The standard InChI is InChI=1S/C7H16BrN/c1-7(2,3)6(5-8)9-4/h6,9H,5H2,1-4H3. The summed E-state index contributed by atoms with van der Waals surface area (Å²) in [5.41, 5.74) is 0.359. The van der Waals surface area contributed by atoms with Gasteiger partial charge in [-0.15, -0.1) is 0 Å². The highest BCUT2D eigenvalue weighted by atomic mass is 79.9. The highest BCUT2D eigenvalue weighted by Crippen LogP contribution is 2.19. The Hall–Kier alpha value is 0.440. The maximum absolute atomic E-state index is 3.45. The van der Waals surface area contributed by atoms with Crippen LogP contribution in [0.15, 0.2) is 0 Å². The Morgan fingerprint density at radius 2 is 1.89 bits per heavy atom. The molecule has 0 aliphatic carbocycles. The molecule has 0 aromatic carbocycles. The summed E-state index contributed by atoms with van der Waals surface area (Å²) in [5.74, 6) is 0.